The molecule has 2 aliphatic rings. The Morgan fingerprint density at radius 3 is 2.42 bits per heavy atom. The molecule has 0 aromatic rings. The number of nitrogens with zero attached hydrogens (tertiary/aromatic N) is 1. The monoisotopic (exact) mass is 268 g/mol. The number of aliphatic hydroxyl groups is 1. The summed E-state index contributed by atoms with van der Waals surface area (Å²) in [6.45, 7) is 3.51. The molecule has 0 aromatic heterocycles. The first kappa shape index (κ1) is 15.3. The molecule has 0 radical (unpaired) electrons. The lowest BCUT2D eigenvalue weighted by Gasteiger charge is -2.46. The molecule has 2 fully saturated rings. The fourth-order valence-electron chi connectivity index (χ4n) is 3.97. The van der Waals surface area contributed by atoms with Gasteiger partial charge in [-0.3, -0.25) is 0 Å². The first-order valence-electron chi connectivity index (χ1n) is 8.11. The van der Waals surface area contributed by atoms with E-state index in [4.69, 9.17) is 0 Å². The third-order valence-electron chi connectivity index (χ3n) is 5.43. The molecule has 19 heavy (non-hydrogen) atoms. The van der Waals surface area contributed by atoms with Gasteiger partial charge in [-0.1, -0.05) is 19.8 Å². The Kier molecular flexibility index (Phi) is 5.27. The quantitative estimate of drug-likeness (QED) is 0.822. The summed E-state index contributed by atoms with van der Waals surface area (Å²) in [6, 6.07) is 0.623. The highest BCUT2D eigenvalue weighted by Gasteiger charge is 2.37. The summed E-state index contributed by atoms with van der Waals surface area (Å²) >= 11 is 0. The third-order valence-corrected chi connectivity index (χ3v) is 5.43. The van der Waals surface area contributed by atoms with Gasteiger partial charge in [-0.15, -0.1) is 0 Å². The van der Waals surface area contributed by atoms with Crippen molar-refractivity contribution in [1.82, 2.24) is 10.2 Å². The first-order chi connectivity index (χ1) is 9.02. The lowest BCUT2D eigenvalue weighted by Crippen LogP contribution is -2.56. The van der Waals surface area contributed by atoms with E-state index in [1.165, 1.54) is 25.7 Å². The van der Waals surface area contributed by atoms with Gasteiger partial charge >= 0.3 is 0 Å². The van der Waals surface area contributed by atoms with Crippen molar-refractivity contribution < 1.29 is 5.11 Å². The molecular weight excluding hydrogens is 236 g/mol. The van der Waals surface area contributed by atoms with Crippen molar-refractivity contribution in [3.8, 4) is 0 Å². The summed E-state index contributed by atoms with van der Waals surface area (Å²) in [4.78, 5) is 2.45. The van der Waals surface area contributed by atoms with Crippen molar-refractivity contribution in [2.45, 2.75) is 76.0 Å². The summed E-state index contributed by atoms with van der Waals surface area (Å²) < 4.78 is 0. The molecule has 2 N–H and O–H groups in total. The van der Waals surface area contributed by atoms with Gasteiger partial charge in [0.1, 0.15) is 0 Å². The Hall–Kier alpha value is -0.120. The molecule has 0 aliphatic heterocycles. The van der Waals surface area contributed by atoms with E-state index in [1.54, 1.807) is 0 Å². The van der Waals surface area contributed by atoms with E-state index in [9.17, 15) is 5.11 Å². The van der Waals surface area contributed by atoms with Crippen LogP contribution in [0.5, 0.6) is 0 Å². The van der Waals surface area contributed by atoms with Gasteiger partial charge in [0.2, 0.25) is 0 Å². The molecule has 3 nitrogen and oxygen atoms in total. The highest BCUT2D eigenvalue weighted by atomic mass is 16.3. The SMILES string of the molecule is CC1CCCC(CNC2CCC(O)CC2)(N(C)C)C1. The van der Waals surface area contributed by atoms with Crippen LogP contribution in [-0.4, -0.2) is 48.3 Å². The predicted octanol–water partition coefficient (Wildman–Crippen LogP) is 2.39. The zero-order chi connectivity index (χ0) is 13.9. The molecule has 2 unspecified atom stereocenters. The molecule has 3 heteroatoms. The van der Waals surface area contributed by atoms with Gasteiger partial charge in [0.15, 0.2) is 0 Å². The van der Waals surface area contributed by atoms with Crippen LogP contribution in [0.25, 0.3) is 0 Å². The van der Waals surface area contributed by atoms with E-state index in [2.05, 4.69) is 31.2 Å². The summed E-state index contributed by atoms with van der Waals surface area (Å²) in [6.07, 6.45) is 9.59. The van der Waals surface area contributed by atoms with Crippen molar-refractivity contribution in [3.05, 3.63) is 0 Å². The second kappa shape index (κ2) is 6.55. The molecule has 0 saturated heterocycles. The highest BCUT2D eigenvalue weighted by Crippen LogP contribution is 2.35. The number of hydrogen-bond donors (Lipinski definition) is 2. The van der Waals surface area contributed by atoms with E-state index < -0.39 is 0 Å². The minimum Gasteiger partial charge on any atom is -0.393 e. The van der Waals surface area contributed by atoms with Crippen LogP contribution in [0.2, 0.25) is 0 Å². The van der Waals surface area contributed by atoms with Gasteiger partial charge in [0.05, 0.1) is 6.10 Å². The lowest BCUT2D eigenvalue weighted by molar-refractivity contribution is 0.0648. The van der Waals surface area contributed by atoms with Crippen molar-refractivity contribution in [2.24, 2.45) is 5.92 Å². The van der Waals surface area contributed by atoms with Crippen LogP contribution in [0, 0.1) is 5.92 Å². The standard InChI is InChI=1S/C16H32N2O/c1-13-5-4-10-16(11-13,18(2)3)12-17-14-6-8-15(19)9-7-14/h13-15,17,19H,4-12H2,1-3H3. The van der Waals surface area contributed by atoms with E-state index >= 15 is 0 Å². The molecular formula is C16H32N2O. The average Bonchev–Trinajstić information content (AvgIpc) is 2.38. The van der Waals surface area contributed by atoms with Gasteiger partial charge in [-0.2, -0.15) is 0 Å². The predicted molar refractivity (Wildman–Crippen MR) is 80.3 cm³/mol. The second-order valence-electron chi connectivity index (χ2n) is 7.21. The number of aliphatic hydroxyl groups excluding tert-OH is 1. The number of nitrogens with one attached hydrogen (secondary N) is 1. The number of likely N-dealkylation sites (N-methyl/N-ethyl adjacent to an activating group) is 1. The third kappa shape index (κ3) is 3.93. The Morgan fingerprint density at radius 2 is 1.84 bits per heavy atom. The summed E-state index contributed by atoms with van der Waals surface area (Å²) in [5.41, 5.74) is 0.355. The van der Waals surface area contributed by atoms with Crippen LogP contribution in [0.1, 0.15) is 58.3 Å². The Labute approximate surface area is 118 Å². The topological polar surface area (TPSA) is 35.5 Å². The largest absolute Gasteiger partial charge is 0.393 e. The van der Waals surface area contributed by atoms with Gasteiger partial charge in [0, 0.05) is 18.1 Å². The maximum atomic E-state index is 9.58. The van der Waals surface area contributed by atoms with Crippen LogP contribution in [0.3, 0.4) is 0 Å². The molecule has 0 bridgehead atoms. The molecule has 2 rings (SSSR count). The zero-order valence-electron chi connectivity index (χ0n) is 13.0. The van der Waals surface area contributed by atoms with Crippen LogP contribution in [0.4, 0.5) is 0 Å². The second-order valence-corrected chi connectivity index (χ2v) is 7.21. The maximum Gasteiger partial charge on any atom is 0.0541 e. The van der Waals surface area contributed by atoms with Crippen LogP contribution < -0.4 is 5.32 Å². The zero-order valence-corrected chi connectivity index (χ0v) is 13.0. The summed E-state index contributed by atoms with van der Waals surface area (Å²) in [5, 5.41) is 13.4. The van der Waals surface area contributed by atoms with E-state index in [1.807, 2.05) is 0 Å². The molecule has 0 amide bonds. The fourth-order valence-corrected chi connectivity index (χ4v) is 3.97. The van der Waals surface area contributed by atoms with E-state index in [0.29, 0.717) is 11.6 Å². The number of rotatable bonds is 4. The molecule has 2 atom stereocenters. The molecule has 112 valence electrons. The van der Waals surface area contributed by atoms with E-state index in [-0.39, 0.29) is 6.10 Å². The van der Waals surface area contributed by atoms with Crippen LogP contribution in [-0.2, 0) is 0 Å². The fraction of sp³-hybridized carbons (Fsp3) is 1.00. The van der Waals surface area contributed by atoms with Gasteiger partial charge in [-0.25, -0.2) is 0 Å². The van der Waals surface area contributed by atoms with Gasteiger partial charge < -0.3 is 15.3 Å². The molecule has 2 saturated carbocycles. The van der Waals surface area contributed by atoms with Crippen molar-refractivity contribution >= 4 is 0 Å². The number of hydrogen-bond acceptors (Lipinski definition) is 3. The summed E-state index contributed by atoms with van der Waals surface area (Å²) in [5.74, 6) is 0.853. The van der Waals surface area contributed by atoms with Crippen molar-refractivity contribution in [3.63, 3.8) is 0 Å². The van der Waals surface area contributed by atoms with E-state index in [0.717, 1.165) is 38.1 Å². The van der Waals surface area contributed by atoms with Crippen LogP contribution >= 0.6 is 0 Å². The normalized spacial score (nSPS) is 40.6. The maximum absolute atomic E-state index is 9.58. The summed E-state index contributed by atoms with van der Waals surface area (Å²) in [7, 11) is 4.48. The Bertz CT molecular complexity index is 274. The van der Waals surface area contributed by atoms with Gasteiger partial charge in [0.25, 0.3) is 0 Å². The molecule has 0 spiro atoms. The first-order valence-corrected chi connectivity index (χ1v) is 8.11. The minimum absolute atomic E-state index is 0.0458. The molecule has 2 aliphatic carbocycles. The Morgan fingerprint density at radius 1 is 1.16 bits per heavy atom. The van der Waals surface area contributed by atoms with Gasteiger partial charge in [-0.05, 0) is 58.5 Å². The average molecular weight is 268 g/mol. The van der Waals surface area contributed by atoms with Crippen molar-refractivity contribution in [2.75, 3.05) is 20.6 Å². The Balaban J connectivity index is 1.87. The lowest BCUT2D eigenvalue weighted by atomic mass is 9.75. The smallest absolute Gasteiger partial charge is 0.0541 e. The molecule has 0 aromatic carbocycles. The highest BCUT2D eigenvalue weighted by molar-refractivity contribution is 4.95. The minimum atomic E-state index is -0.0458. The van der Waals surface area contributed by atoms with Crippen LogP contribution in [0.15, 0.2) is 0 Å². The molecule has 0 heterocycles. The van der Waals surface area contributed by atoms with Crippen molar-refractivity contribution in [1.29, 1.82) is 0 Å².